The van der Waals surface area contributed by atoms with Gasteiger partial charge < -0.3 is 15.4 Å². The van der Waals surface area contributed by atoms with Crippen LogP contribution >= 0.6 is 12.4 Å². The third-order valence-electron chi connectivity index (χ3n) is 3.97. The maximum absolute atomic E-state index is 12.4. The minimum Gasteiger partial charge on any atom is -0.375 e. The molecular weight excluding hydrogens is 328 g/mol. The number of hydrogen-bond donors (Lipinski definition) is 2. The zero-order chi connectivity index (χ0) is 16.4. The molecule has 0 aliphatic carbocycles. The van der Waals surface area contributed by atoms with Gasteiger partial charge in [-0.2, -0.15) is 5.10 Å². The van der Waals surface area contributed by atoms with Crippen LogP contribution in [0.2, 0.25) is 0 Å². The summed E-state index contributed by atoms with van der Waals surface area (Å²) in [6.07, 6.45) is -0.136. The van der Waals surface area contributed by atoms with E-state index in [1.165, 1.54) is 0 Å². The second-order valence-electron chi connectivity index (χ2n) is 5.89. The number of benzene rings is 1. The van der Waals surface area contributed by atoms with Gasteiger partial charge in [-0.3, -0.25) is 4.79 Å². The molecular formula is C17H23ClN4O2. The number of carbonyl (C=O) groups is 1. The zero-order valence-corrected chi connectivity index (χ0v) is 14.9. The monoisotopic (exact) mass is 350 g/mol. The number of nitrogens with one attached hydrogen (secondary N) is 2. The maximum atomic E-state index is 12.4. The smallest absolute Gasteiger partial charge is 0.244 e. The zero-order valence-electron chi connectivity index (χ0n) is 14.1. The van der Waals surface area contributed by atoms with Gasteiger partial charge in [-0.15, -0.1) is 12.4 Å². The first-order chi connectivity index (χ1) is 11.0. The van der Waals surface area contributed by atoms with E-state index in [1.807, 2.05) is 55.8 Å². The van der Waals surface area contributed by atoms with E-state index in [-0.39, 0.29) is 30.5 Å². The molecule has 1 aliphatic heterocycles. The Labute approximate surface area is 148 Å². The lowest BCUT2D eigenvalue weighted by molar-refractivity contribution is -0.123. The van der Waals surface area contributed by atoms with E-state index < -0.39 is 0 Å². The summed E-state index contributed by atoms with van der Waals surface area (Å²) in [5.74, 6) is -0.0808. The number of aromatic nitrogens is 2. The average Bonchev–Trinajstić information content (AvgIpc) is 2.86. The van der Waals surface area contributed by atoms with Crippen molar-refractivity contribution in [2.45, 2.75) is 32.9 Å². The van der Waals surface area contributed by atoms with Crippen LogP contribution in [0.25, 0.3) is 5.69 Å². The quantitative estimate of drug-likeness (QED) is 0.890. The minimum atomic E-state index is -0.332. The Balaban J connectivity index is 0.00000208. The molecule has 1 fully saturated rings. The molecule has 130 valence electrons. The molecule has 0 spiro atoms. The van der Waals surface area contributed by atoms with Crippen molar-refractivity contribution in [2.24, 2.45) is 0 Å². The number of carbonyl (C=O) groups excluding carboxylic acids is 1. The number of amides is 1. The molecule has 1 aromatic carbocycles. The first kappa shape index (κ1) is 18.4. The summed E-state index contributed by atoms with van der Waals surface area (Å²) in [4.78, 5) is 12.4. The third kappa shape index (κ3) is 3.95. The molecule has 24 heavy (non-hydrogen) atoms. The molecule has 2 N–H and O–H groups in total. The minimum absolute atomic E-state index is 0. The summed E-state index contributed by atoms with van der Waals surface area (Å²) in [5, 5.41) is 10.6. The topological polar surface area (TPSA) is 68.2 Å². The normalized spacial score (nSPS) is 20.3. The SMILES string of the molecule is Cc1cc(C)n(-c2cccc(NC(=O)[C@H]3NCCO[C@@H]3C)c2)n1.Cl. The van der Waals surface area contributed by atoms with Gasteiger partial charge in [0.1, 0.15) is 6.04 Å². The van der Waals surface area contributed by atoms with Crippen molar-refractivity contribution in [2.75, 3.05) is 18.5 Å². The van der Waals surface area contributed by atoms with Gasteiger partial charge in [0.2, 0.25) is 5.91 Å². The molecule has 0 unspecified atom stereocenters. The molecule has 1 amide bonds. The maximum Gasteiger partial charge on any atom is 0.244 e. The van der Waals surface area contributed by atoms with Crippen LogP contribution in [0.3, 0.4) is 0 Å². The fourth-order valence-corrected chi connectivity index (χ4v) is 2.85. The van der Waals surface area contributed by atoms with Crippen LogP contribution in [0, 0.1) is 13.8 Å². The third-order valence-corrected chi connectivity index (χ3v) is 3.97. The van der Waals surface area contributed by atoms with E-state index in [4.69, 9.17) is 4.74 Å². The molecule has 1 aliphatic rings. The number of rotatable bonds is 3. The number of ether oxygens (including phenoxy) is 1. The Bertz CT molecular complexity index is 716. The van der Waals surface area contributed by atoms with Crippen LogP contribution in [0.5, 0.6) is 0 Å². The van der Waals surface area contributed by atoms with Crippen molar-refractivity contribution in [1.29, 1.82) is 0 Å². The van der Waals surface area contributed by atoms with E-state index in [9.17, 15) is 4.79 Å². The van der Waals surface area contributed by atoms with Crippen molar-refractivity contribution in [1.82, 2.24) is 15.1 Å². The number of anilines is 1. The van der Waals surface area contributed by atoms with Crippen molar-refractivity contribution in [3.05, 3.63) is 41.7 Å². The standard InChI is InChI=1S/C17H22N4O2.ClH/c1-11-9-12(2)21(20-11)15-6-4-5-14(10-15)19-17(22)16-13(3)23-8-7-18-16;/h4-6,9-10,13,16,18H,7-8H2,1-3H3,(H,19,22);1H/t13-,16+;/m1./s1. The van der Waals surface area contributed by atoms with Gasteiger partial charge in [0.25, 0.3) is 0 Å². The van der Waals surface area contributed by atoms with E-state index in [0.717, 1.165) is 22.8 Å². The lowest BCUT2D eigenvalue weighted by atomic mass is 10.1. The van der Waals surface area contributed by atoms with Gasteiger partial charge in [0.05, 0.1) is 24.1 Å². The second kappa shape index (κ2) is 7.79. The first-order valence-electron chi connectivity index (χ1n) is 7.84. The van der Waals surface area contributed by atoms with Crippen LogP contribution < -0.4 is 10.6 Å². The Morgan fingerprint density at radius 2 is 2.17 bits per heavy atom. The molecule has 6 nitrogen and oxygen atoms in total. The van der Waals surface area contributed by atoms with E-state index >= 15 is 0 Å². The summed E-state index contributed by atoms with van der Waals surface area (Å²) in [7, 11) is 0. The summed E-state index contributed by atoms with van der Waals surface area (Å²) < 4.78 is 7.39. The average molecular weight is 351 g/mol. The molecule has 7 heteroatoms. The lowest BCUT2D eigenvalue weighted by Gasteiger charge is -2.29. The molecule has 0 bridgehead atoms. The molecule has 2 atom stereocenters. The Morgan fingerprint density at radius 3 is 2.83 bits per heavy atom. The first-order valence-corrected chi connectivity index (χ1v) is 7.84. The van der Waals surface area contributed by atoms with E-state index in [1.54, 1.807) is 0 Å². The lowest BCUT2D eigenvalue weighted by Crippen LogP contribution is -2.53. The molecule has 2 heterocycles. The summed E-state index contributed by atoms with van der Waals surface area (Å²) in [6, 6.07) is 9.37. The van der Waals surface area contributed by atoms with Crippen molar-refractivity contribution in [3.8, 4) is 5.69 Å². The largest absolute Gasteiger partial charge is 0.375 e. The molecule has 3 rings (SSSR count). The van der Waals surface area contributed by atoms with Crippen molar-refractivity contribution in [3.63, 3.8) is 0 Å². The fourth-order valence-electron chi connectivity index (χ4n) is 2.85. The van der Waals surface area contributed by atoms with Crippen LogP contribution in [-0.4, -0.2) is 41.0 Å². The van der Waals surface area contributed by atoms with Crippen LogP contribution in [0.1, 0.15) is 18.3 Å². The Kier molecular flexibility index (Phi) is 5.99. The van der Waals surface area contributed by atoms with Crippen LogP contribution in [0.4, 0.5) is 5.69 Å². The van der Waals surface area contributed by atoms with Crippen LogP contribution in [0.15, 0.2) is 30.3 Å². The van der Waals surface area contributed by atoms with Gasteiger partial charge in [-0.05, 0) is 45.0 Å². The number of morpholine rings is 1. The summed E-state index contributed by atoms with van der Waals surface area (Å²) in [6.45, 7) is 7.21. The Hall–Kier alpha value is -1.89. The van der Waals surface area contributed by atoms with Gasteiger partial charge in [0.15, 0.2) is 0 Å². The van der Waals surface area contributed by atoms with E-state index in [2.05, 4.69) is 15.7 Å². The fraction of sp³-hybridized carbons (Fsp3) is 0.412. The van der Waals surface area contributed by atoms with Crippen LogP contribution in [-0.2, 0) is 9.53 Å². The van der Waals surface area contributed by atoms with E-state index in [0.29, 0.717) is 13.2 Å². The predicted molar refractivity (Wildman–Crippen MR) is 96.1 cm³/mol. The second-order valence-corrected chi connectivity index (χ2v) is 5.89. The number of halogens is 1. The highest BCUT2D eigenvalue weighted by molar-refractivity contribution is 5.95. The van der Waals surface area contributed by atoms with Gasteiger partial charge in [-0.1, -0.05) is 6.07 Å². The number of nitrogens with zero attached hydrogens (tertiary/aromatic N) is 2. The molecule has 1 saturated heterocycles. The number of hydrogen-bond acceptors (Lipinski definition) is 4. The highest BCUT2D eigenvalue weighted by Crippen LogP contribution is 2.17. The summed E-state index contributed by atoms with van der Waals surface area (Å²) in [5.41, 5.74) is 3.70. The van der Waals surface area contributed by atoms with Crippen molar-refractivity contribution >= 4 is 24.0 Å². The Morgan fingerprint density at radius 1 is 1.38 bits per heavy atom. The molecule has 1 aromatic heterocycles. The van der Waals surface area contributed by atoms with Gasteiger partial charge >= 0.3 is 0 Å². The van der Waals surface area contributed by atoms with Crippen molar-refractivity contribution < 1.29 is 9.53 Å². The molecule has 2 aromatic rings. The van der Waals surface area contributed by atoms with Gasteiger partial charge in [-0.25, -0.2) is 4.68 Å². The predicted octanol–water partition coefficient (Wildman–Crippen LogP) is 2.23. The highest BCUT2D eigenvalue weighted by Gasteiger charge is 2.28. The summed E-state index contributed by atoms with van der Waals surface area (Å²) >= 11 is 0. The highest BCUT2D eigenvalue weighted by atomic mass is 35.5. The number of aryl methyl sites for hydroxylation is 2. The molecule has 0 radical (unpaired) electrons. The molecule has 0 saturated carbocycles. The van der Waals surface area contributed by atoms with Gasteiger partial charge in [0, 0.05) is 17.9 Å².